The number of nitrogens with two attached hydrogens (primary N) is 2. The molecule has 1 aromatic rings. The van der Waals surface area contributed by atoms with Gasteiger partial charge in [0.25, 0.3) is 0 Å². The van der Waals surface area contributed by atoms with Crippen LogP contribution in [0.5, 0.6) is 0 Å². The molecule has 0 spiro atoms. The second-order valence-corrected chi connectivity index (χ2v) is 4.63. The van der Waals surface area contributed by atoms with Gasteiger partial charge in [0.15, 0.2) is 0 Å². The Bertz CT molecular complexity index is 346. The zero-order valence-electron chi connectivity index (χ0n) is 8.88. The lowest BCUT2D eigenvalue weighted by atomic mass is 10.0. The standard InChI is InChI=1S/C10H18N4/c1-10(2,11)9-13-7-5-3-4-6-8(7)14(9)12/h3-6,11-12H2,1-2H3. The quantitative estimate of drug-likeness (QED) is 0.645. The Kier molecular flexibility index (Phi) is 2.03. The van der Waals surface area contributed by atoms with Crippen LogP contribution in [0.4, 0.5) is 0 Å². The van der Waals surface area contributed by atoms with Crippen molar-refractivity contribution in [1.29, 1.82) is 0 Å². The van der Waals surface area contributed by atoms with E-state index in [4.69, 9.17) is 11.6 Å². The van der Waals surface area contributed by atoms with Crippen molar-refractivity contribution in [2.24, 2.45) is 5.73 Å². The molecule has 14 heavy (non-hydrogen) atoms. The van der Waals surface area contributed by atoms with E-state index < -0.39 is 5.54 Å². The SMILES string of the molecule is CC(C)(N)c1nc2c(n1N)CCCC2. The summed E-state index contributed by atoms with van der Waals surface area (Å²) < 4.78 is 1.69. The number of hydrogen-bond acceptors (Lipinski definition) is 3. The highest BCUT2D eigenvalue weighted by atomic mass is 15.3. The molecular formula is C10H18N4. The molecule has 0 unspecified atom stereocenters. The molecule has 1 aliphatic carbocycles. The van der Waals surface area contributed by atoms with Crippen LogP contribution in [0.1, 0.15) is 43.9 Å². The molecule has 4 N–H and O–H groups in total. The summed E-state index contributed by atoms with van der Waals surface area (Å²) in [5.41, 5.74) is 7.87. The summed E-state index contributed by atoms with van der Waals surface area (Å²) in [7, 11) is 0. The van der Waals surface area contributed by atoms with Gasteiger partial charge in [-0.05, 0) is 39.5 Å². The van der Waals surface area contributed by atoms with Gasteiger partial charge in [0, 0.05) is 0 Å². The number of fused-ring (bicyclic) bond motifs is 1. The number of aryl methyl sites for hydroxylation is 1. The molecule has 0 atom stereocenters. The first kappa shape index (κ1) is 9.52. The van der Waals surface area contributed by atoms with Gasteiger partial charge >= 0.3 is 0 Å². The molecule has 0 fully saturated rings. The van der Waals surface area contributed by atoms with E-state index in [1.807, 2.05) is 13.8 Å². The smallest absolute Gasteiger partial charge is 0.147 e. The highest BCUT2D eigenvalue weighted by molar-refractivity contribution is 5.23. The highest BCUT2D eigenvalue weighted by Crippen LogP contribution is 2.24. The molecule has 78 valence electrons. The van der Waals surface area contributed by atoms with Gasteiger partial charge in [0.1, 0.15) is 5.82 Å². The van der Waals surface area contributed by atoms with Crippen LogP contribution in [0, 0.1) is 0 Å². The third-order valence-corrected chi connectivity index (χ3v) is 2.75. The van der Waals surface area contributed by atoms with Crippen LogP contribution in [-0.2, 0) is 18.4 Å². The Morgan fingerprint density at radius 2 is 1.93 bits per heavy atom. The lowest BCUT2D eigenvalue weighted by Crippen LogP contribution is -2.35. The van der Waals surface area contributed by atoms with E-state index in [1.165, 1.54) is 18.5 Å². The van der Waals surface area contributed by atoms with Gasteiger partial charge in [-0.15, -0.1) is 0 Å². The number of aromatic nitrogens is 2. The topological polar surface area (TPSA) is 69.9 Å². The zero-order chi connectivity index (χ0) is 10.3. The van der Waals surface area contributed by atoms with E-state index >= 15 is 0 Å². The first-order chi connectivity index (χ1) is 6.50. The van der Waals surface area contributed by atoms with E-state index in [1.54, 1.807) is 4.68 Å². The second-order valence-electron chi connectivity index (χ2n) is 4.63. The van der Waals surface area contributed by atoms with E-state index in [0.29, 0.717) is 0 Å². The molecule has 0 radical (unpaired) electrons. The summed E-state index contributed by atoms with van der Waals surface area (Å²) in [5, 5.41) is 0. The molecular weight excluding hydrogens is 176 g/mol. The zero-order valence-corrected chi connectivity index (χ0v) is 8.88. The highest BCUT2D eigenvalue weighted by Gasteiger charge is 2.26. The monoisotopic (exact) mass is 194 g/mol. The Balaban J connectivity index is 2.49. The van der Waals surface area contributed by atoms with Crippen LogP contribution < -0.4 is 11.6 Å². The third kappa shape index (κ3) is 1.39. The molecule has 0 aliphatic heterocycles. The van der Waals surface area contributed by atoms with Crippen molar-refractivity contribution in [3.05, 3.63) is 17.2 Å². The fraction of sp³-hybridized carbons (Fsp3) is 0.700. The van der Waals surface area contributed by atoms with Gasteiger partial charge in [0.2, 0.25) is 0 Å². The summed E-state index contributed by atoms with van der Waals surface area (Å²) in [6.45, 7) is 3.87. The normalized spacial score (nSPS) is 16.8. The van der Waals surface area contributed by atoms with Crippen LogP contribution in [0.3, 0.4) is 0 Å². The van der Waals surface area contributed by atoms with Crippen molar-refractivity contribution >= 4 is 0 Å². The lowest BCUT2D eigenvalue weighted by Gasteiger charge is -2.18. The average molecular weight is 194 g/mol. The molecule has 1 heterocycles. The maximum atomic E-state index is 6.01. The van der Waals surface area contributed by atoms with Crippen molar-refractivity contribution in [2.45, 2.75) is 45.1 Å². The maximum Gasteiger partial charge on any atom is 0.147 e. The molecule has 2 rings (SSSR count). The molecule has 0 saturated heterocycles. The number of nitrogen functional groups attached to an aromatic ring is 1. The molecule has 4 heteroatoms. The van der Waals surface area contributed by atoms with Gasteiger partial charge in [0.05, 0.1) is 16.9 Å². The summed E-state index contributed by atoms with van der Waals surface area (Å²) in [5.74, 6) is 6.78. The minimum absolute atomic E-state index is 0.452. The van der Waals surface area contributed by atoms with Gasteiger partial charge in [-0.3, -0.25) is 0 Å². The Hall–Kier alpha value is -1.03. The van der Waals surface area contributed by atoms with Crippen LogP contribution >= 0.6 is 0 Å². The average Bonchev–Trinajstić information content (AvgIpc) is 2.44. The molecule has 0 aromatic carbocycles. The molecule has 0 bridgehead atoms. The first-order valence-corrected chi connectivity index (χ1v) is 5.15. The largest absolute Gasteiger partial charge is 0.338 e. The summed E-state index contributed by atoms with van der Waals surface area (Å²) in [6, 6.07) is 0. The molecule has 1 aromatic heterocycles. The first-order valence-electron chi connectivity index (χ1n) is 5.15. The fourth-order valence-corrected chi connectivity index (χ4v) is 2.02. The Labute approximate surface area is 84.3 Å². The van der Waals surface area contributed by atoms with Crippen molar-refractivity contribution in [1.82, 2.24) is 9.66 Å². The number of imidazole rings is 1. The van der Waals surface area contributed by atoms with Crippen molar-refractivity contribution < 1.29 is 0 Å². The minimum atomic E-state index is -0.452. The van der Waals surface area contributed by atoms with Crippen molar-refractivity contribution in [3.63, 3.8) is 0 Å². The second kappa shape index (κ2) is 2.98. The van der Waals surface area contributed by atoms with Gasteiger partial charge in [-0.2, -0.15) is 0 Å². The van der Waals surface area contributed by atoms with E-state index in [9.17, 15) is 0 Å². The lowest BCUT2D eigenvalue weighted by molar-refractivity contribution is 0.497. The van der Waals surface area contributed by atoms with Crippen molar-refractivity contribution in [2.75, 3.05) is 5.84 Å². The van der Waals surface area contributed by atoms with Crippen LogP contribution in [0.2, 0.25) is 0 Å². The third-order valence-electron chi connectivity index (χ3n) is 2.75. The minimum Gasteiger partial charge on any atom is -0.338 e. The van der Waals surface area contributed by atoms with Crippen LogP contribution in [0.25, 0.3) is 0 Å². The fourth-order valence-electron chi connectivity index (χ4n) is 2.02. The van der Waals surface area contributed by atoms with Gasteiger partial charge in [-0.25, -0.2) is 9.66 Å². The molecule has 1 aliphatic rings. The van der Waals surface area contributed by atoms with Crippen molar-refractivity contribution in [3.8, 4) is 0 Å². The van der Waals surface area contributed by atoms with Crippen LogP contribution in [-0.4, -0.2) is 9.66 Å². The summed E-state index contributed by atoms with van der Waals surface area (Å²) in [4.78, 5) is 4.53. The Morgan fingerprint density at radius 1 is 1.29 bits per heavy atom. The van der Waals surface area contributed by atoms with E-state index in [0.717, 1.165) is 24.4 Å². The molecule has 0 amide bonds. The summed E-state index contributed by atoms with van der Waals surface area (Å²) >= 11 is 0. The maximum absolute atomic E-state index is 6.01. The van der Waals surface area contributed by atoms with Gasteiger partial charge < -0.3 is 11.6 Å². The predicted molar refractivity (Wildman–Crippen MR) is 56.2 cm³/mol. The van der Waals surface area contributed by atoms with Gasteiger partial charge in [-0.1, -0.05) is 0 Å². The van der Waals surface area contributed by atoms with E-state index in [2.05, 4.69) is 4.98 Å². The Morgan fingerprint density at radius 3 is 2.50 bits per heavy atom. The number of nitrogens with zero attached hydrogens (tertiary/aromatic N) is 2. The molecule has 0 saturated carbocycles. The number of rotatable bonds is 1. The van der Waals surface area contributed by atoms with E-state index in [-0.39, 0.29) is 0 Å². The summed E-state index contributed by atoms with van der Waals surface area (Å²) in [6.07, 6.45) is 4.51. The van der Waals surface area contributed by atoms with Crippen LogP contribution in [0.15, 0.2) is 0 Å². The molecule has 4 nitrogen and oxygen atoms in total. The predicted octanol–water partition coefficient (Wildman–Crippen LogP) is 0.669. The number of hydrogen-bond donors (Lipinski definition) is 2.